The predicted molar refractivity (Wildman–Crippen MR) is 149 cm³/mol. The summed E-state index contributed by atoms with van der Waals surface area (Å²) in [5, 5.41) is 11.8. The van der Waals surface area contributed by atoms with Gasteiger partial charge in [0, 0.05) is 41.5 Å². The molecule has 1 aliphatic heterocycles. The normalized spacial score (nSPS) is 14.4. The molecule has 1 saturated heterocycles. The zero-order chi connectivity index (χ0) is 26.3. The number of aromatic nitrogens is 7. The van der Waals surface area contributed by atoms with Crippen LogP contribution in [0, 0.1) is 18.7 Å². The second-order valence-corrected chi connectivity index (χ2v) is 10.3. The van der Waals surface area contributed by atoms with Crippen molar-refractivity contribution >= 4 is 22.2 Å². The van der Waals surface area contributed by atoms with Crippen LogP contribution in [0.15, 0.2) is 61.2 Å². The zero-order valence-corrected chi connectivity index (χ0v) is 21.5. The standard InChI is InChI=1S/C30H27FN8/c1-17-8-20(12-23(31)9-17)24-4-7-34-29-26(24)36-30(37-29)27-25-13-22(16-35-28(25)39-38-27)21-11-19(14-33-15-21)10-18-2-5-32-6-3-18/h4,7-9,11-16,18,32H,2-3,5-6,10H2,1H3,(H,34,36,37)(H,35,38,39). The molecule has 0 spiro atoms. The van der Waals surface area contributed by atoms with Crippen molar-refractivity contribution in [3.8, 4) is 33.8 Å². The van der Waals surface area contributed by atoms with Crippen LogP contribution < -0.4 is 5.32 Å². The van der Waals surface area contributed by atoms with Gasteiger partial charge in [-0.25, -0.2) is 19.3 Å². The molecule has 0 atom stereocenters. The minimum atomic E-state index is -0.276. The number of nitrogens with zero attached hydrogens (tertiary/aromatic N) is 5. The van der Waals surface area contributed by atoms with Crippen molar-refractivity contribution in [1.29, 1.82) is 0 Å². The van der Waals surface area contributed by atoms with Crippen LogP contribution in [-0.2, 0) is 6.42 Å². The van der Waals surface area contributed by atoms with Crippen molar-refractivity contribution in [2.24, 2.45) is 5.92 Å². The van der Waals surface area contributed by atoms with E-state index < -0.39 is 0 Å². The van der Waals surface area contributed by atoms with Gasteiger partial charge in [0.15, 0.2) is 17.1 Å². The lowest BCUT2D eigenvalue weighted by atomic mass is 9.91. The number of pyridine rings is 3. The third-order valence-electron chi connectivity index (χ3n) is 7.50. The Balaban J connectivity index is 1.26. The predicted octanol–water partition coefficient (Wildman–Crippen LogP) is 5.61. The smallest absolute Gasteiger partial charge is 0.181 e. The summed E-state index contributed by atoms with van der Waals surface area (Å²) < 4.78 is 14.2. The Morgan fingerprint density at radius 2 is 1.79 bits per heavy atom. The molecule has 0 radical (unpaired) electrons. The number of hydrogen-bond acceptors (Lipinski definition) is 6. The highest BCUT2D eigenvalue weighted by Gasteiger charge is 2.18. The summed E-state index contributed by atoms with van der Waals surface area (Å²) in [4.78, 5) is 21.7. The number of H-pyrrole nitrogens is 2. The van der Waals surface area contributed by atoms with Gasteiger partial charge in [-0.05, 0) is 92.2 Å². The fraction of sp³-hybridized carbons (Fsp3) is 0.233. The van der Waals surface area contributed by atoms with Crippen molar-refractivity contribution in [2.75, 3.05) is 13.1 Å². The first kappa shape index (κ1) is 23.6. The van der Waals surface area contributed by atoms with Crippen LogP contribution >= 0.6 is 0 Å². The number of piperidine rings is 1. The molecule has 6 heterocycles. The van der Waals surface area contributed by atoms with Crippen LogP contribution in [0.1, 0.15) is 24.0 Å². The van der Waals surface area contributed by atoms with E-state index in [4.69, 9.17) is 4.98 Å². The minimum absolute atomic E-state index is 0.276. The van der Waals surface area contributed by atoms with Crippen LogP contribution in [0.3, 0.4) is 0 Å². The zero-order valence-electron chi connectivity index (χ0n) is 21.5. The number of benzene rings is 1. The third-order valence-corrected chi connectivity index (χ3v) is 7.50. The number of hydrogen-bond donors (Lipinski definition) is 3. The molecule has 6 aromatic rings. The molecule has 5 aromatic heterocycles. The van der Waals surface area contributed by atoms with E-state index in [0.717, 1.165) is 63.9 Å². The van der Waals surface area contributed by atoms with Crippen molar-refractivity contribution in [1.82, 2.24) is 40.4 Å². The maximum absolute atomic E-state index is 14.2. The summed E-state index contributed by atoms with van der Waals surface area (Å²) in [5.74, 6) is 1.01. The summed E-state index contributed by atoms with van der Waals surface area (Å²) >= 11 is 0. The average Bonchev–Trinajstić information content (AvgIpc) is 3.57. The maximum Gasteiger partial charge on any atom is 0.181 e. The molecular weight excluding hydrogens is 491 g/mol. The lowest BCUT2D eigenvalue weighted by Gasteiger charge is -2.22. The Morgan fingerprint density at radius 1 is 0.923 bits per heavy atom. The lowest BCUT2D eigenvalue weighted by molar-refractivity contribution is 0.372. The maximum atomic E-state index is 14.2. The van der Waals surface area contributed by atoms with Crippen LogP contribution in [0.4, 0.5) is 4.39 Å². The number of rotatable bonds is 5. The monoisotopic (exact) mass is 518 g/mol. The molecule has 0 amide bonds. The van der Waals surface area contributed by atoms with E-state index in [1.807, 2.05) is 37.6 Å². The number of imidazole rings is 1. The van der Waals surface area contributed by atoms with Crippen LogP contribution in [-0.4, -0.2) is 48.2 Å². The molecule has 1 aromatic carbocycles. The Hall–Kier alpha value is -4.50. The van der Waals surface area contributed by atoms with Crippen LogP contribution in [0.25, 0.3) is 56.0 Å². The van der Waals surface area contributed by atoms with Gasteiger partial charge in [0.05, 0.1) is 10.9 Å². The molecule has 0 bridgehead atoms. The molecular formula is C30H27FN8. The first-order valence-corrected chi connectivity index (χ1v) is 13.2. The van der Waals surface area contributed by atoms with Crippen LogP contribution in [0.2, 0.25) is 0 Å². The van der Waals surface area contributed by atoms with E-state index in [9.17, 15) is 4.39 Å². The average molecular weight is 519 g/mol. The summed E-state index contributed by atoms with van der Waals surface area (Å²) in [7, 11) is 0. The van der Waals surface area contributed by atoms with Gasteiger partial charge in [0.2, 0.25) is 0 Å². The molecule has 1 fully saturated rings. The number of halogens is 1. The molecule has 194 valence electrons. The molecule has 0 aliphatic carbocycles. The van der Waals surface area contributed by atoms with E-state index in [2.05, 4.69) is 47.6 Å². The van der Waals surface area contributed by atoms with E-state index in [1.54, 1.807) is 6.20 Å². The Kier molecular flexibility index (Phi) is 5.85. The van der Waals surface area contributed by atoms with Gasteiger partial charge in [0.25, 0.3) is 0 Å². The molecule has 39 heavy (non-hydrogen) atoms. The number of nitrogens with one attached hydrogen (secondary N) is 3. The van der Waals surface area contributed by atoms with E-state index >= 15 is 0 Å². The lowest BCUT2D eigenvalue weighted by Crippen LogP contribution is -2.28. The molecule has 1 aliphatic rings. The van der Waals surface area contributed by atoms with Crippen molar-refractivity contribution < 1.29 is 4.39 Å². The van der Waals surface area contributed by atoms with E-state index in [-0.39, 0.29) is 5.82 Å². The molecule has 8 nitrogen and oxygen atoms in total. The third kappa shape index (κ3) is 4.55. The highest BCUT2D eigenvalue weighted by atomic mass is 19.1. The highest BCUT2D eigenvalue weighted by Crippen LogP contribution is 2.32. The summed E-state index contributed by atoms with van der Waals surface area (Å²) in [6.45, 7) is 4.05. The van der Waals surface area contributed by atoms with Gasteiger partial charge in [-0.15, -0.1) is 0 Å². The second-order valence-electron chi connectivity index (χ2n) is 10.3. The van der Waals surface area contributed by atoms with Gasteiger partial charge in [-0.2, -0.15) is 5.10 Å². The van der Waals surface area contributed by atoms with Gasteiger partial charge < -0.3 is 10.3 Å². The van der Waals surface area contributed by atoms with Gasteiger partial charge in [-0.1, -0.05) is 6.07 Å². The molecule has 9 heteroatoms. The van der Waals surface area contributed by atoms with Crippen molar-refractivity contribution in [3.05, 3.63) is 78.1 Å². The first-order chi connectivity index (χ1) is 19.1. The van der Waals surface area contributed by atoms with Gasteiger partial charge >= 0.3 is 0 Å². The quantitative estimate of drug-likeness (QED) is 0.274. The number of aromatic amines is 2. The van der Waals surface area contributed by atoms with E-state index in [1.165, 1.54) is 30.5 Å². The molecule has 3 N–H and O–H groups in total. The largest absolute Gasteiger partial charge is 0.335 e. The molecule has 0 saturated carbocycles. The first-order valence-electron chi connectivity index (χ1n) is 13.2. The highest BCUT2D eigenvalue weighted by molar-refractivity contribution is 5.96. The minimum Gasteiger partial charge on any atom is -0.335 e. The number of fused-ring (bicyclic) bond motifs is 2. The van der Waals surface area contributed by atoms with Gasteiger partial charge in [0.1, 0.15) is 11.5 Å². The SMILES string of the molecule is Cc1cc(F)cc(-c2ccnc3nc(-c4[nH]nc5ncc(-c6cncc(CC7CCNCC7)c6)cc45)[nH]c23)c1. The van der Waals surface area contributed by atoms with Gasteiger partial charge in [-0.3, -0.25) is 10.1 Å². The summed E-state index contributed by atoms with van der Waals surface area (Å²) in [6, 6.07) is 11.2. The Labute approximate surface area is 224 Å². The topological polar surface area (TPSA) is 108 Å². The molecule has 0 unspecified atom stereocenters. The summed E-state index contributed by atoms with van der Waals surface area (Å²) in [5.41, 5.74) is 8.29. The summed E-state index contributed by atoms with van der Waals surface area (Å²) in [6.07, 6.45) is 10.8. The second kappa shape index (κ2) is 9.67. The van der Waals surface area contributed by atoms with E-state index in [0.29, 0.717) is 23.0 Å². The number of aryl methyl sites for hydroxylation is 1. The fourth-order valence-electron chi connectivity index (χ4n) is 5.58. The Bertz CT molecular complexity index is 1800. The van der Waals surface area contributed by atoms with Crippen molar-refractivity contribution in [3.63, 3.8) is 0 Å². The Morgan fingerprint density at radius 3 is 2.67 bits per heavy atom. The van der Waals surface area contributed by atoms with Crippen LogP contribution in [0.5, 0.6) is 0 Å². The molecule has 7 rings (SSSR count). The van der Waals surface area contributed by atoms with Crippen molar-refractivity contribution in [2.45, 2.75) is 26.2 Å². The fourth-order valence-corrected chi connectivity index (χ4v) is 5.58.